The number of carbonyl (C=O) groups is 4. The molecule has 10 nitrogen and oxygen atoms in total. The van der Waals surface area contributed by atoms with Gasteiger partial charge in [0.1, 0.15) is 23.4 Å². The van der Waals surface area contributed by atoms with Gasteiger partial charge in [-0.1, -0.05) is 45.9 Å². The molecule has 2 rings (SSSR count). The molecule has 3 N–H and O–H groups in total. The summed E-state index contributed by atoms with van der Waals surface area (Å²) < 4.78 is 10.7. The SMILES string of the molecule is COc1ccccc1CNC(=O)C(NC(=O)C1CCN(C(=O)C(CC(C)C)NC(=O)OC(C)(C)C)CC1)C(C)C. The van der Waals surface area contributed by atoms with E-state index in [4.69, 9.17) is 9.47 Å². The van der Waals surface area contributed by atoms with E-state index in [0.717, 1.165) is 5.56 Å². The summed E-state index contributed by atoms with van der Waals surface area (Å²) >= 11 is 0. The summed E-state index contributed by atoms with van der Waals surface area (Å²) in [6.45, 7) is 14.2. The quantitative estimate of drug-likeness (QED) is 0.380. The van der Waals surface area contributed by atoms with Gasteiger partial charge in [-0.25, -0.2) is 4.79 Å². The molecular weight excluding hydrogens is 512 g/mol. The molecule has 1 aliphatic heterocycles. The number of hydrogen-bond donors (Lipinski definition) is 3. The Morgan fingerprint density at radius 3 is 2.17 bits per heavy atom. The molecule has 40 heavy (non-hydrogen) atoms. The van der Waals surface area contributed by atoms with E-state index in [2.05, 4.69) is 16.0 Å². The van der Waals surface area contributed by atoms with Gasteiger partial charge in [0.2, 0.25) is 17.7 Å². The zero-order chi connectivity index (χ0) is 30.0. The number of benzene rings is 1. The largest absolute Gasteiger partial charge is 0.496 e. The number of nitrogens with zero attached hydrogens (tertiary/aromatic N) is 1. The van der Waals surface area contributed by atoms with Crippen LogP contribution < -0.4 is 20.7 Å². The van der Waals surface area contributed by atoms with Crippen LogP contribution in [0.1, 0.15) is 73.3 Å². The second-order valence-corrected chi connectivity index (χ2v) is 12.2. The van der Waals surface area contributed by atoms with Crippen molar-refractivity contribution in [3.05, 3.63) is 29.8 Å². The highest BCUT2D eigenvalue weighted by Crippen LogP contribution is 2.21. The number of para-hydroxylation sites is 1. The number of piperidine rings is 1. The van der Waals surface area contributed by atoms with Gasteiger partial charge < -0.3 is 30.3 Å². The van der Waals surface area contributed by atoms with E-state index in [0.29, 0.717) is 38.1 Å². The lowest BCUT2D eigenvalue weighted by molar-refractivity contribution is -0.138. The second kappa shape index (κ2) is 14.9. The number of amides is 4. The fourth-order valence-corrected chi connectivity index (χ4v) is 4.67. The minimum atomic E-state index is -0.697. The fourth-order valence-electron chi connectivity index (χ4n) is 4.67. The topological polar surface area (TPSA) is 126 Å². The lowest BCUT2D eigenvalue weighted by Gasteiger charge is -2.35. The molecular formula is C30H48N4O6. The van der Waals surface area contributed by atoms with Crippen LogP contribution in [0.25, 0.3) is 0 Å². The van der Waals surface area contributed by atoms with Gasteiger partial charge in [0.05, 0.1) is 7.11 Å². The number of alkyl carbamates (subject to hydrolysis) is 1. The normalized spacial score (nSPS) is 15.8. The predicted molar refractivity (Wildman–Crippen MR) is 154 cm³/mol. The first-order valence-corrected chi connectivity index (χ1v) is 14.2. The summed E-state index contributed by atoms with van der Waals surface area (Å²) in [5.74, 6) is -0.168. The van der Waals surface area contributed by atoms with Crippen LogP contribution in [-0.2, 0) is 25.7 Å². The van der Waals surface area contributed by atoms with Crippen LogP contribution in [0.4, 0.5) is 4.79 Å². The molecule has 1 aromatic carbocycles. The lowest BCUT2D eigenvalue weighted by atomic mass is 9.93. The standard InChI is InChI=1S/C30H48N4O6/c1-19(2)17-23(32-29(38)40-30(5,6)7)28(37)34-15-13-21(14-16-34)26(35)33-25(20(3)4)27(36)31-18-22-11-9-10-12-24(22)39-8/h9-12,19-21,23,25H,13-18H2,1-8H3,(H,31,36)(H,32,38)(H,33,35). The summed E-state index contributed by atoms with van der Waals surface area (Å²) in [6.07, 6.45) is 0.820. The van der Waals surface area contributed by atoms with Crippen LogP contribution in [0.3, 0.4) is 0 Å². The van der Waals surface area contributed by atoms with Crippen molar-refractivity contribution in [2.75, 3.05) is 20.2 Å². The minimum absolute atomic E-state index is 0.112. The van der Waals surface area contributed by atoms with Crippen molar-refractivity contribution in [3.8, 4) is 5.75 Å². The minimum Gasteiger partial charge on any atom is -0.496 e. The van der Waals surface area contributed by atoms with E-state index in [1.807, 2.05) is 52.0 Å². The smallest absolute Gasteiger partial charge is 0.408 e. The van der Waals surface area contributed by atoms with Crippen molar-refractivity contribution in [2.24, 2.45) is 17.8 Å². The first kappa shape index (κ1) is 32.9. The van der Waals surface area contributed by atoms with Crippen molar-refractivity contribution in [2.45, 2.75) is 92.0 Å². The van der Waals surface area contributed by atoms with E-state index < -0.39 is 23.8 Å². The molecule has 0 aromatic heterocycles. The first-order valence-electron chi connectivity index (χ1n) is 14.2. The van der Waals surface area contributed by atoms with Gasteiger partial charge in [-0.3, -0.25) is 14.4 Å². The van der Waals surface area contributed by atoms with E-state index in [1.165, 1.54) is 0 Å². The van der Waals surface area contributed by atoms with Gasteiger partial charge in [-0.2, -0.15) is 0 Å². The zero-order valence-corrected chi connectivity index (χ0v) is 25.3. The molecule has 2 unspecified atom stereocenters. The maximum absolute atomic E-state index is 13.3. The van der Waals surface area contributed by atoms with Gasteiger partial charge in [-0.05, 0) is 57.9 Å². The van der Waals surface area contributed by atoms with Crippen LogP contribution in [0.15, 0.2) is 24.3 Å². The summed E-state index contributed by atoms with van der Waals surface area (Å²) in [7, 11) is 1.58. The molecule has 0 radical (unpaired) electrons. The zero-order valence-electron chi connectivity index (χ0n) is 25.3. The lowest BCUT2D eigenvalue weighted by Crippen LogP contribution is -2.54. The Hall–Kier alpha value is -3.30. The van der Waals surface area contributed by atoms with Crippen LogP contribution in [0, 0.1) is 17.8 Å². The highest BCUT2D eigenvalue weighted by molar-refractivity contribution is 5.89. The molecule has 2 atom stereocenters. The highest BCUT2D eigenvalue weighted by atomic mass is 16.6. The average molecular weight is 561 g/mol. The van der Waals surface area contributed by atoms with Gasteiger partial charge in [0.25, 0.3) is 0 Å². The Morgan fingerprint density at radius 2 is 1.62 bits per heavy atom. The van der Waals surface area contributed by atoms with Crippen LogP contribution >= 0.6 is 0 Å². The molecule has 1 heterocycles. The van der Waals surface area contributed by atoms with Gasteiger partial charge in [-0.15, -0.1) is 0 Å². The van der Waals surface area contributed by atoms with Crippen LogP contribution in [0.5, 0.6) is 5.75 Å². The third-order valence-electron chi connectivity index (χ3n) is 6.77. The average Bonchev–Trinajstić information content (AvgIpc) is 2.88. The second-order valence-electron chi connectivity index (χ2n) is 12.2. The van der Waals surface area contributed by atoms with Crippen molar-refractivity contribution >= 4 is 23.8 Å². The van der Waals surface area contributed by atoms with E-state index in [9.17, 15) is 19.2 Å². The number of methoxy groups -OCH3 is 1. The van der Waals surface area contributed by atoms with Crippen molar-refractivity contribution in [1.29, 1.82) is 0 Å². The van der Waals surface area contributed by atoms with Crippen LogP contribution in [0.2, 0.25) is 0 Å². The molecule has 4 amide bonds. The fraction of sp³-hybridized carbons (Fsp3) is 0.667. The molecule has 0 bridgehead atoms. The van der Waals surface area contributed by atoms with Crippen LogP contribution in [-0.4, -0.2) is 66.6 Å². The maximum Gasteiger partial charge on any atom is 0.408 e. The predicted octanol–water partition coefficient (Wildman–Crippen LogP) is 3.63. The molecule has 1 aliphatic rings. The Morgan fingerprint density at radius 1 is 1.00 bits per heavy atom. The molecule has 1 aromatic rings. The molecule has 0 aliphatic carbocycles. The number of ether oxygens (including phenoxy) is 2. The number of hydrogen-bond acceptors (Lipinski definition) is 6. The highest BCUT2D eigenvalue weighted by Gasteiger charge is 2.34. The monoisotopic (exact) mass is 560 g/mol. The molecule has 0 spiro atoms. The van der Waals surface area contributed by atoms with E-state index >= 15 is 0 Å². The van der Waals surface area contributed by atoms with Crippen molar-refractivity contribution in [1.82, 2.24) is 20.9 Å². The van der Waals surface area contributed by atoms with E-state index in [-0.39, 0.29) is 42.0 Å². The Balaban J connectivity index is 1.94. The molecule has 10 heteroatoms. The number of rotatable bonds is 11. The molecule has 224 valence electrons. The third-order valence-corrected chi connectivity index (χ3v) is 6.77. The van der Waals surface area contributed by atoms with E-state index in [1.54, 1.807) is 32.8 Å². The van der Waals surface area contributed by atoms with Gasteiger partial charge >= 0.3 is 6.09 Å². The summed E-state index contributed by atoms with van der Waals surface area (Å²) in [4.78, 5) is 53.5. The van der Waals surface area contributed by atoms with Crippen molar-refractivity contribution in [3.63, 3.8) is 0 Å². The summed E-state index contributed by atoms with van der Waals surface area (Å²) in [6, 6.07) is 6.07. The molecule has 0 saturated carbocycles. The number of carbonyl (C=O) groups excluding carboxylic acids is 4. The van der Waals surface area contributed by atoms with Crippen molar-refractivity contribution < 1.29 is 28.7 Å². The van der Waals surface area contributed by atoms with Gasteiger partial charge in [0, 0.05) is 31.1 Å². The molecule has 1 fully saturated rings. The summed E-state index contributed by atoms with van der Waals surface area (Å²) in [5, 5.41) is 8.58. The Kier molecular flexibility index (Phi) is 12.3. The first-order chi connectivity index (χ1) is 18.7. The Labute approximate surface area is 238 Å². The number of likely N-dealkylation sites (tertiary alicyclic amines) is 1. The van der Waals surface area contributed by atoms with Gasteiger partial charge in [0.15, 0.2) is 0 Å². The third kappa shape index (κ3) is 10.4. The molecule has 1 saturated heterocycles. The Bertz CT molecular complexity index is 1010. The summed E-state index contributed by atoms with van der Waals surface area (Å²) in [5.41, 5.74) is 0.182. The maximum atomic E-state index is 13.3. The number of nitrogens with one attached hydrogen (secondary N) is 3.